The SMILES string of the molecule is Cc1cc(OS(=O)(=O)c2ccccc2)cc2c1CCC(C)(C)O2. The molecule has 0 spiro atoms. The molecular weight excluding hydrogens is 312 g/mol. The first-order valence-electron chi connectivity index (χ1n) is 7.59. The van der Waals surface area contributed by atoms with E-state index in [1.54, 1.807) is 30.3 Å². The fourth-order valence-electron chi connectivity index (χ4n) is 2.75. The normalized spacial score (nSPS) is 16.3. The molecule has 0 amide bonds. The molecule has 23 heavy (non-hydrogen) atoms. The van der Waals surface area contributed by atoms with Crippen LogP contribution in [0.15, 0.2) is 47.4 Å². The molecule has 4 nitrogen and oxygen atoms in total. The van der Waals surface area contributed by atoms with Crippen LogP contribution in [0.4, 0.5) is 0 Å². The van der Waals surface area contributed by atoms with Crippen LogP contribution in [0.1, 0.15) is 31.4 Å². The van der Waals surface area contributed by atoms with Crippen molar-refractivity contribution >= 4 is 10.1 Å². The summed E-state index contributed by atoms with van der Waals surface area (Å²) in [6.45, 7) is 6.00. The topological polar surface area (TPSA) is 52.6 Å². The van der Waals surface area contributed by atoms with Gasteiger partial charge in [-0.05, 0) is 62.9 Å². The van der Waals surface area contributed by atoms with E-state index >= 15 is 0 Å². The van der Waals surface area contributed by atoms with Gasteiger partial charge in [0.25, 0.3) is 0 Å². The van der Waals surface area contributed by atoms with Crippen molar-refractivity contribution in [3.8, 4) is 11.5 Å². The molecule has 0 N–H and O–H groups in total. The summed E-state index contributed by atoms with van der Waals surface area (Å²) >= 11 is 0. The number of hydrogen-bond donors (Lipinski definition) is 0. The van der Waals surface area contributed by atoms with Crippen molar-refractivity contribution in [2.24, 2.45) is 0 Å². The van der Waals surface area contributed by atoms with Crippen molar-refractivity contribution in [2.45, 2.75) is 44.1 Å². The molecule has 5 heteroatoms. The summed E-state index contributed by atoms with van der Waals surface area (Å²) in [5.41, 5.74) is 1.85. The van der Waals surface area contributed by atoms with Crippen molar-refractivity contribution in [3.05, 3.63) is 53.6 Å². The third-order valence-corrected chi connectivity index (χ3v) is 5.27. The van der Waals surface area contributed by atoms with Gasteiger partial charge in [0.1, 0.15) is 22.0 Å². The molecule has 1 aliphatic heterocycles. The molecule has 0 bridgehead atoms. The van der Waals surface area contributed by atoms with Gasteiger partial charge >= 0.3 is 10.1 Å². The molecule has 122 valence electrons. The van der Waals surface area contributed by atoms with Gasteiger partial charge in [0.05, 0.1) is 0 Å². The molecule has 0 aliphatic carbocycles. The van der Waals surface area contributed by atoms with Crippen LogP contribution in [-0.4, -0.2) is 14.0 Å². The second kappa shape index (κ2) is 5.57. The maximum Gasteiger partial charge on any atom is 0.339 e. The quantitative estimate of drug-likeness (QED) is 0.801. The molecule has 0 saturated heterocycles. The summed E-state index contributed by atoms with van der Waals surface area (Å²) < 4.78 is 36.0. The molecule has 3 rings (SSSR count). The minimum atomic E-state index is -3.84. The van der Waals surface area contributed by atoms with Crippen LogP contribution in [0, 0.1) is 6.92 Å². The molecule has 2 aromatic rings. The van der Waals surface area contributed by atoms with Crippen LogP contribution in [0.2, 0.25) is 0 Å². The Morgan fingerprint density at radius 1 is 1.13 bits per heavy atom. The minimum Gasteiger partial charge on any atom is -0.487 e. The van der Waals surface area contributed by atoms with Crippen molar-refractivity contribution < 1.29 is 17.3 Å². The highest BCUT2D eigenvalue weighted by atomic mass is 32.2. The van der Waals surface area contributed by atoms with E-state index in [-0.39, 0.29) is 16.2 Å². The van der Waals surface area contributed by atoms with Crippen LogP contribution in [-0.2, 0) is 16.5 Å². The maximum atomic E-state index is 12.3. The Labute approximate surface area is 137 Å². The molecule has 0 atom stereocenters. The fraction of sp³-hybridized carbons (Fsp3) is 0.333. The van der Waals surface area contributed by atoms with E-state index in [9.17, 15) is 8.42 Å². The van der Waals surface area contributed by atoms with Crippen molar-refractivity contribution in [2.75, 3.05) is 0 Å². The minimum absolute atomic E-state index is 0.136. The van der Waals surface area contributed by atoms with Gasteiger partial charge in [-0.3, -0.25) is 0 Å². The summed E-state index contributed by atoms with van der Waals surface area (Å²) in [7, 11) is -3.84. The molecule has 0 aromatic heterocycles. The molecular formula is C18H20O4S. The summed E-state index contributed by atoms with van der Waals surface area (Å²) in [6.07, 6.45) is 1.85. The van der Waals surface area contributed by atoms with E-state index < -0.39 is 10.1 Å². The van der Waals surface area contributed by atoms with Crippen molar-refractivity contribution in [1.82, 2.24) is 0 Å². The lowest BCUT2D eigenvalue weighted by molar-refractivity contribution is 0.0843. The third-order valence-electron chi connectivity index (χ3n) is 4.01. The van der Waals surface area contributed by atoms with Gasteiger partial charge in [-0.2, -0.15) is 8.42 Å². The first-order chi connectivity index (χ1) is 10.8. The number of ether oxygens (including phenoxy) is 1. The number of aryl methyl sites for hydroxylation is 1. The van der Waals surface area contributed by atoms with Crippen LogP contribution < -0.4 is 8.92 Å². The molecule has 1 heterocycles. The third kappa shape index (κ3) is 3.34. The Balaban J connectivity index is 1.95. The van der Waals surface area contributed by atoms with E-state index in [4.69, 9.17) is 8.92 Å². The summed E-state index contributed by atoms with van der Waals surface area (Å²) in [5, 5.41) is 0. The highest BCUT2D eigenvalue weighted by molar-refractivity contribution is 7.87. The van der Waals surface area contributed by atoms with E-state index in [2.05, 4.69) is 0 Å². The Bertz CT molecular complexity index is 824. The van der Waals surface area contributed by atoms with Gasteiger partial charge in [-0.25, -0.2) is 0 Å². The number of benzene rings is 2. The monoisotopic (exact) mass is 332 g/mol. The fourth-order valence-corrected chi connectivity index (χ4v) is 3.69. The molecule has 0 saturated carbocycles. The van der Waals surface area contributed by atoms with Gasteiger partial charge in [-0.1, -0.05) is 18.2 Å². The lowest BCUT2D eigenvalue weighted by Gasteiger charge is -2.33. The van der Waals surface area contributed by atoms with Gasteiger partial charge in [-0.15, -0.1) is 0 Å². The van der Waals surface area contributed by atoms with E-state index in [0.29, 0.717) is 5.75 Å². The molecule has 0 fully saturated rings. The van der Waals surface area contributed by atoms with Crippen molar-refractivity contribution in [1.29, 1.82) is 0 Å². The summed E-state index contributed by atoms with van der Waals surface area (Å²) in [5.74, 6) is 0.988. The van der Waals surface area contributed by atoms with Gasteiger partial charge in [0, 0.05) is 6.07 Å². The summed E-state index contributed by atoms with van der Waals surface area (Å²) in [6, 6.07) is 11.5. The Morgan fingerprint density at radius 3 is 2.52 bits per heavy atom. The number of rotatable bonds is 3. The van der Waals surface area contributed by atoms with Gasteiger partial charge in [0.15, 0.2) is 0 Å². The van der Waals surface area contributed by atoms with Crippen LogP contribution in [0.3, 0.4) is 0 Å². The van der Waals surface area contributed by atoms with E-state index in [1.165, 1.54) is 12.1 Å². The lowest BCUT2D eigenvalue weighted by atomic mass is 9.92. The maximum absolute atomic E-state index is 12.3. The second-order valence-electron chi connectivity index (χ2n) is 6.43. The zero-order valence-electron chi connectivity index (χ0n) is 13.5. The van der Waals surface area contributed by atoms with Crippen molar-refractivity contribution in [3.63, 3.8) is 0 Å². The Morgan fingerprint density at radius 2 is 1.83 bits per heavy atom. The molecule has 2 aromatic carbocycles. The average Bonchev–Trinajstić information content (AvgIpc) is 2.46. The highest BCUT2D eigenvalue weighted by Gasteiger charge is 2.28. The van der Waals surface area contributed by atoms with Gasteiger partial charge in [0.2, 0.25) is 0 Å². The van der Waals surface area contributed by atoms with Crippen LogP contribution >= 0.6 is 0 Å². The van der Waals surface area contributed by atoms with Gasteiger partial charge < -0.3 is 8.92 Å². The Kier molecular flexibility index (Phi) is 3.84. The summed E-state index contributed by atoms with van der Waals surface area (Å²) in [4.78, 5) is 0.136. The number of fused-ring (bicyclic) bond motifs is 1. The predicted molar refractivity (Wildman–Crippen MR) is 88.5 cm³/mol. The second-order valence-corrected chi connectivity index (χ2v) is 7.98. The molecule has 0 radical (unpaired) electrons. The largest absolute Gasteiger partial charge is 0.487 e. The zero-order valence-corrected chi connectivity index (χ0v) is 14.3. The van der Waals surface area contributed by atoms with E-state index in [1.807, 2.05) is 20.8 Å². The average molecular weight is 332 g/mol. The standard InChI is InChI=1S/C18H20O4S/c1-13-11-14(12-17-16(13)9-10-18(2,3)21-17)22-23(19,20)15-7-5-4-6-8-15/h4-8,11-12H,9-10H2,1-3H3. The van der Waals surface area contributed by atoms with Crippen LogP contribution in [0.25, 0.3) is 0 Å². The first-order valence-corrected chi connectivity index (χ1v) is 9.00. The molecule has 1 aliphatic rings. The zero-order chi connectivity index (χ0) is 16.7. The first kappa shape index (κ1) is 15.9. The van der Waals surface area contributed by atoms with Crippen LogP contribution in [0.5, 0.6) is 11.5 Å². The molecule has 0 unspecified atom stereocenters. The number of hydrogen-bond acceptors (Lipinski definition) is 4. The predicted octanol–water partition coefficient (Wildman–Crippen LogP) is 3.87. The van der Waals surface area contributed by atoms with E-state index in [0.717, 1.165) is 24.0 Å². The highest BCUT2D eigenvalue weighted by Crippen LogP contribution is 2.38. The lowest BCUT2D eigenvalue weighted by Crippen LogP contribution is -2.32. The smallest absolute Gasteiger partial charge is 0.339 e. The Hall–Kier alpha value is -2.01.